The van der Waals surface area contributed by atoms with E-state index in [0.29, 0.717) is 0 Å². The maximum Gasteiger partial charge on any atom is 0.345 e. The van der Waals surface area contributed by atoms with Gasteiger partial charge < -0.3 is 21.5 Å². The number of nitrogens with one attached hydrogen (secondary N) is 3. The Hall–Kier alpha value is -3.27. The molecule has 0 radical (unpaired) electrons. The lowest BCUT2D eigenvalue weighted by molar-refractivity contribution is -0.126. The van der Waals surface area contributed by atoms with Crippen molar-refractivity contribution < 1.29 is 18.3 Å². The van der Waals surface area contributed by atoms with Crippen LogP contribution in [-0.2, 0) is 4.74 Å². The Morgan fingerprint density at radius 3 is 2.27 bits per heavy atom. The number of nitrogens with zero attached hydrogens (tertiary/aromatic N) is 1. The minimum Gasteiger partial charge on any atom is -0.398 e. The lowest BCUT2D eigenvalue weighted by Gasteiger charge is -2.09. The van der Waals surface area contributed by atoms with Gasteiger partial charge in [0, 0.05) is 24.5 Å². The van der Waals surface area contributed by atoms with E-state index in [1.807, 2.05) is 36.4 Å². The zero-order valence-electron chi connectivity index (χ0n) is 13.8. The monoisotopic (exact) mass is 366 g/mol. The van der Waals surface area contributed by atoms with Gasteiger partial charge in [0.15, 0.2) is 0 Å². The highest BCUT2D eigenvalue weighted by Crippen LogP contribution is 2.14. The number of amides is 2. The average molecular weight is 366 g/mol. The summed E-state index contributed by atoms with van der Waals surface area (Å²) in [7, 11) is 0. The molecule has 0 aliphatic carbocycles. The lowest BCUT2D eigenvalue weighted by atomic mass is 10.2. The largest absolute Gasteiger partial charge is 0.398 e. The summed E-state index contributed by atoms with van der Waals surface area (Å²) < 4.78 is 27.3. The number of anilines is 2. The number of pyridine rings is 1. The van der Waals surface area contributed by atoms with Gasteiger partial charge in [-0.3, -0.25) is 10.7 Å². The molecule has 2 rings (SSSR count). The van der Waals surface area contributed by atoms with Crippen LogP contribution in [0.1, 0.15) is 5.56 Å². The molecule has 0 saturated heterocycles. The quantitative estimate of drug-likeness (QED) is 0.302. The van der Waals surface area contributed by atoms with Crippen molar-refractivity contribution in [3.05, 3.63) is 54.2 Å². The summed E-state index contributed by atoms with van der Waals surface area (Å²) in [5.41, 5.74) is 11.3. The number of benzene rings is 1. The van der Waals surface area contributed by atoms with Crippen LogP contribution in [0.2, 0.25) is 0 Å². The van der Waals surface area contributed by atoms with Gasteiger partial charge in [-0.15, -0.1) is 0 Å². The molecule has 2 aromatic rings. The van der Waals surface area contributed by atoms with Gasteiger partial charge in [-0.2, -0.15) is 8.78 Å². The number of carbonyl (C=O) groups is 1. The van der Waals surface area contributed by atoms with Gasteiger partial charge in [0.05, 0.1) is 12.2 Å². The lowest BCUT2D eigenvalue weighted by Crippen LogP contribution is -2.32. The van der Waals surface area contributed by atoms with E-state index < -0.39 is 12.6 Å². The maximum atomic E-state index is 11.7. The highest BCUT2D eigenvalue weighted by atomic mass is 19.3. The molecule has 0 unspecified atom stereocenters. The third-order valence-electron chi connectivity index (χ3n) is 2.77. The number of hydrogen-bond acceptors (Lipinski definition) is 5. The Morgan fingerprint density at radius 2 is 1.81 bits per heavy atom. The highest BCUT2D eigenvalue weighted by Gasteiger charge is 2.08. The minimum absolute atomic E-state index is 0.0861. The molecule has 140 valence electrons. The Balaban J connectivity index is 0.000000472. The number of nitrogen functional groups attached to an aromatic ring is 2. The molecule has 7 N–H and O–H groups in total. The molecule has 2 amide bonds. The van der Waals surface area contributed by atoms with Gasteiger partial charge in [-0.25, -0.2) is 9.78 Å². The van der Waals surface area contributed by atoms with Crippen LogP contribution in [-0.4, -0.2) is 36.6 Å². The van der Waals surface area contributed by atoms with E-state index in [9.17, 15) is 13.6 Å². The SMILES string of the molecule is N=C(N)c1cnc(NC(=O)NCCOC(F)F)cc1N.c1ccccc1. The molecule has 1 aromatic heterocycles. The molecule has 1 aromatic carbocycles. The fraction of sp³-hybridized carbons (Fsp3) is 0.188. The minimum atomic E-state index is -2.87. The van der Waals surface area contributed by atoms with Crippen molar-refractivity contribution in [2.45, 2.75) is 6.61 Å². The summed E-state index contributed by atoms with van der Waals surface area (Å²) in [4.78, 5) is 15.2. The van der Waals surface area contributed by atoms with E-state index in [0.717, 1.165) is 0 Å². The molecule has 0 spiro atoms. The van der Waals surface area contributed by atoms with Crippen molar-refractivity contribution >= 4 is 23.4 Å². The number of ether oxygens (including phenoxy) is 1. The molecule has 10 heteroatoms. The molecule has 0 atom stereocenters. The van der Waals surface area contributed by atoms with Crippen molar-refractivity contribution in [1.29, 1.82) is 5.41 Å². The van der Waals surface area contributed by atoms with Crippen LogP contribution in [0, 0.1) is 5.41 Å². The number of rotatable bonds is 6. The molecule has 0 aliphatic rings. The van der Waals surface area contributed by atoms with Gasteiger partial charge in [-0.1, -0.05) is 36.4 Å². The number of hydrogen-bond donors (Lipinski definition) is 5. The Bertz CT molecular complexity index is 674. The third-order valence-corrected chi connectivity index (χ3v) is 2.77. The summed E-state index contributed by atoms with van der Waals surface area (Å²) in [5, 5.41) is 11.8. The van der Waals surface area contributed by atoms with E-state index >= 15 is 0 Å². The van der Waals surface area contributed by atoms with Crippen molar-refractivity contribution in [3.8, 4) is 0 Å². The Morgan fingerprint density at radius 1 is 1.23 bits per heavy atom. The molecule has 0 saturated carbocycles. The average Bonchev–Trinajstić information content (AvgIpc) is 2.60. The van der Waals surface area contributed by atoms with Gasteiger partial charge in [0.25, 0.3) is 0 Å². The Labute approximate surface area is 149 Å². The first-order valence-electron chi connectivity index (χ1n) is 7.44. The fourth-order valence-corrected chi connectivity index (χ4v) is 1.62. The second-order valence-corrected chi connectivity index (χ2v) is 4.74. The first-order chi connectivity index (χ1) is 12.4. The standard InChI is InChI=1S/C10H14F2N6O2.C6H6/c11-9(12)20-2-1-16-10(19)18-7-3-6(13)5(4-17-7)8(14)15;1-2-4-6-5-3-1/h3-4,9H,1-2H2,(H3,14,15)(H4,13,16,17,18,19);1-6H. The molecule has 0 fully saturated rings. The highest BCUT2D eigenvalue weighted by molar-refractivity contribution is 6.00. The van der Waals surface area contributed by atoms with E-state index in [4.69, 9.17) is 16.9 Å². The number of alkyl halides is 2. The number of amidine groups is 1. The van der Waals surface area contributed by atoms with E-state index in [2.05, 4.69) is 20.4 Å². The molecular formula is C16H20F2N6O2. The van der Waals surface area contributed by atoms with E-state index in [1.54, 1.807) is 0 Å². The molecular weight excluding hydrogens is 346 g/mol. The van der Waals surface area contributed by atoms with Crippen LogP contribution >= 0.6 is 0 Å². The zero-order chi connectivity index (χ0) is 19.4. The maximum absolute atomic E-state index is 11.7. The summed E-state index contributed by atoms with van der Waals surface area (Å²) >= 11 is 0. The smallest absolute Gasteiger partial charge is 0.345 e. The number of aromatic nitrogens is 1. The number of carbonyl (C=O) groups excluding carboxylic acids is 1. The zero-order valence-corrected chi connectivity index (χ0v) is 13.8. The van der Waals surface area contributed by atoms with Gasteiger partial charge in [-0.05, 0) is 0 Å². The second-order valence-electron chi connectivity index (χ2n) is 4.74. The third kappa shape index (κ3) is 8.55. The molecule has 0 aliphatic heterocycles. The van der Waals surface area contributed by atoms with Crippen LogP contribution in [0.4, 0.5) is 25.1 Å². The summed E-state index contributed by atoms with van der Waals surface area (Å²) in [6, 6.07) is 12.7. The number of nitrogens with two attached hydrogens (primary N) is 2. The van der Waals surface area contributed by atoms with E-state index in [-0.39, 0.29) is 36.1 Å². The summed E-state index contributed by atoms with van der Waals surface area (Å²) in [6.45, 7) is -3.28. The second kappa shape index (κ2) is 11.3. The van der Waals surface area contributed by atoms with Crippen LogP contribution in [0.5, 0.6) is 0 Å². The summed E-state index contributed by atoms with van der Waals surface area (Å²) in [6.07, 6.45) is 1.24. The fourth-order valence-electron chi connectivity index (χ4n) is 1.62. The first-order valence-corrected chi connectivity index (χ1v) is 7.44. The van der Waals surface area contributed by atoms with Crippen LogP contribution < -0.4 is 22.1 Å². The van der Waals surface area contributed by atoms with Gasteiger partial charge >= 0.3 is 12.6 Å². The predicted octanol–water partition coefficient (Wildman–Crippen LogP) is 2.00. The first kappa shape index (κ1) is 20.8. The van der Waals surface area contributed by atoms with Gasteiger partial charge in [0.2, 0.25) is 0 Å². The van der Waals surface area contributed by atoms with Crippen molar-refractivity contribution in [2.75, 3.05) is 24.2 Å². The van der Waals surface area contributed by atoms with Crippen LogP contribution in [0.3, 0.4) is 0 Å². The number of urea groups is 1. The van der Waals surface area contributed by atoms with Crippen molar-refractivity contribution in [2.24, 2.45) is 5.73 Å². The molecule has 8 nitrogen and oxygen atoms in total. The van der Waals surface area contributed by atoms with Crippen LogP contribution in [0.25, 0.3) is 0 Å². The molecule has 1 heterocycles. The Kier molecular flexibility index (Phi) is 9.04. The van der Waals surface area contributed by atoms with Crippen LogP contribution in [0.15, 0.2) is 48.7 Å². The summed E-state index contributed by atoms with van der Waals surface area (Å²) in [5.74, 6) is -0.102. The number of halogens is 2. The molecule has 26 heavy (non-hydrogen) atoms. The van der Waals surface area contributed by atoms with E-state index in [1.165, 1.54) is 12.3 Å². The normalized spacial score (nSPS) is 9.81. The topological polar surface area (TPSA) is 139 Å². The van der Waals surface area contributed by atoms with Gasteiger partial charge in [0.1, 0.15) is 11.7 Å². The molecule has 0 bridgehead atoms. The predicted molar refractivity (Wildman–Crippen MR) is 95.1 cm³/mol. The van der Waals surface area contributed by atoms with Crippen molar-refractivity contribution in [1.82, 2.24) is 10.3 Å². The van der Waals surface area contributed by atoms with Crippen molar-refractivity contribution in [3.63, 3.8) is 0 Å².